The third-order valence-electron chi connectivity index (χ3n) is 3.93. The third kappa shape index (κ3) is 5.33. The van der Waals surface area contributed by atoms with E-state index in [1.165, 1.54) is 0 Å². The second kappa shape index (κ2) is 8.23. The number of carbonyl (C=O) groups is 2. The molecule has 0 unspecified atom stereocenters. The average molecular weight is 314 g/mol. The Labute approximate surface area is 137 Å². The molecule has 5 nitrogen and oxygen atoms in total. The van der Waals surface area contributed by atoms with Gasteiger partial charge >= 0.3 is 0 Å². The minimum Gasteiger partial charge on any atom is -0.497 e. The standard InChI is InChI=1S/C18H22N2O3/c1-14(21)20-11-3-4-16(13-20)12-19-18(22)10-7-15-5-8-17(23-2)9-6-15/h5-6,8-9,16H,3-4,11-13H2,1-2H3,(H,19,22)/t16-/m0/s1. The summed E-state index contributed by atoms with van der Waals surface area (Å²) in [6.45, 7) is 3.67. The fraction of sp³-hybridized carbons (Fsp3) is 0.444. The monoisotopic (exact) mass is 314 g/mol. The van der Waals surface area contributed by atoms with Gasteiger partial charge in [0.05, 0.1) is 7.11 Å². The van der Waals surface area contributed by atoms with Crippen molar-refractivity contribution in [2.24, 2.45) is 5.92 Å². The number of carbonyl (C=O) groups excluding carboxylic acids is 2. The molecule has 1 aromatic rings. The van der Waals surface area contributed by atoms with E-state index in [1.54, 1.807) is 26.2 Å². The van der Waals surface area contributed by atoms with Gasteiger partial charge in [-0.3, -0.25) is 9.59 Å². The predicted molar refractivity (Wildman–Crippen MR) is 87.9 cm³/mol. The lowest BCUT2D eigenvalue weighted by Gasteiger charge is -2.31. The number of nitrogens with one attached hydrogen (secondary N) is 1. The van der Waals surface area contributed by atoms with Gasteiger partial charge in [0, 0.05) is 38.0 Å². The molecule has 2 rings (SSSR count). The Balaban J connectivity index is 1.81. The van der Waals surface area contributed by atoms with Crippen LogP contribution in [0.5, 0.6) is 5.75 Å². The summed E-state index contributed by atoms with van der Waals surface area (Å²) in [6.07, 6.45) is 2.01. The van der Waals surface area contributed by atoms with Crippen LogP contribution in [-0.2, 0) is 9.59 Å². The van der Waals surface area contributed by atoms with E-state index < -0.39 is 0 Å². The molecule has 1 saturated heterocycles. The van der Waals surface area contributed by atoms with Gasteiger partial charge in [0.15, 0.2) is 0 Å². The Hall–Kier alpha value is -2.48. The van der Waals surface area contributed by atoms with Crippen molar-refractivity contribution in [3.05, 3.63) is 29.8 Å². The van der Waals surface area contributed by atoms with Gasteiger partial charge < -0.3 is 15.0 Å². The minimum atomic E-state index is -0.291. The number of hydrogen-bond donors (Lipinski definition) is 1. The zero-order chi connectivity index (χ0) is 16.7. The number of rotatable bonds is 3. The van der Waals surface area contributed by atoms with Gasteiger partial charge in [0.1, 0.15) is 5.75 Å². The molecule has 0 aromatic heterocycles. The maximum Gasteiger partial charge on any atom is 0.296 e. The Morgan fingerprint density at radius 3 is 2.74 bits per heavy atom. The molecule has 0 spiro atoms. The molecule has 1 fully saturated rings. The van der Waals surface area contributed by atoms with Crippen molar-refractivity contribution in [3.8, 4) is 17.6 Å². The van der Waals surface area contributed by atoms with Crippen molar-refractivity contribution in [2.45, 2.75) is 19.8 Å². The first-order valence-electron chi connectivity index (χ1n) is 7.78. The molecule has 0 bridgehead atoms. The molecule has 0 saturated carbocycles. The topological polar surface area (TPSA) is 58.6 Å². The molecule has 23 heavy (non-hydrogen) atoms. The number of benzene rings is 1. The fourth-order valence-corrected chi connectivity index (χ4v) is 2.60. The number of ether oxygens (including phenoxy) is 1. The lowest BCUT2D eigenvalue weighted by atomic mass is 9.98. The average Bonchev–Trinajstić information content (AvgIpc) is 2.58. The molecule has 1 atom stereocenters. The van der Waals surface area contributed by atoms with Crippen LogP contribution in [0.15, 0.2) is 24.3 Å². The van der Waals surface area contributed by atoms with Crippen molar-refractivity contribution >= 4 is 11.8 Å². The van der Waals surface area contributed by atoms with Gasteiger partial charge in [-0.2, -0.15) is 0 Å². The van der Waals surface area contributed by atoms with Crippen LogP contribution in [0.3, 0.4) is 0 Å². The first-order chi connectivity index (χ1) is 11.1. The van der Waals surface area contributed by atoms with Gasteiger partial charge in [-0.05, 0) is 43.0 Å². The highest BCUT2D eigenvalue weighted by atomic mass is 16.5. The summed E-state index contributed by atoms with van der Waals surface area (Å²) in [5.74, 6) is 6.29. The normalized spacial score (nSPS) is 17.0. The first-order valence-corrected chi connectivity index (χ1v) is 7.78. The molecule has 2 amide bonds. The molecule has 122 valence electrons. The molecule has 5 heteroatoms. The second-order valence-corrected chi connectivity index (χ2v) is 5.66. The van der Waals surface area contributed by atoms with E-state index in [-0.39, 0.29) is 11.8 Å². The summed E-state index contributed by atoms with van der Waals surface area (Å²) in [7, 11) is 1.60. The molecular formula is C18H22N2O3. The highest BCUT2D eigenvalue weighted by molar-refractivity contribution is 5.94. The van der Waals surface area contributed by atoms with Crippen molar-refractivity contribution in [2.75, 3.05) is 26.7 Å². The zero-order valence-corrected chi connectivity index (χ0v) is 13.6. The van der Waals surface area contributed by atoms with E-state index in [4.69, 9.17) is 4.74 Å². The second-order valence-electron chi connectivity index (χ2n) is 5.66. The largest absolute Gasteiger partial charge is 0.497 e. The summed E-state index contributed by atoms with van der Waals surface area (Å²) in [4.78, 5) is 25.0. The Morgan fingerprint density at radius 2 is 2.09 bits per heavy atom. The zero-order valence-electron chi connectivity index (χ0n) is 13.6. The van der Waals surface area contributed by atoms with Crippen LogP contribution in [0.4, 0.5) is 0 Å². The smallest absolute Gasteiger partial charge is 0.296 e. The van der Waals surface area contributed by atoms with Crippen molar-refractivity contribution in [1.82, 2.24) is 10.2 Å². The van der Waals surface area contributed by atoms with E-state index in [2.05, 4.69) is 17.2 Å². The van der Waals surface area contributed by atoms with Crippen LogP contribution in [0, 0.1) is 17.8 Å². The molecular weight excluding hydrogens is 292 g/mol. The summed E-state index contributed by atoms with van der Waals surface area (Å²) in [5, 5.41) is 2.83. The van der Waals surface area contributed by atoms with E-state index >= 15 is 0 Å². The van der Waals surface area contributed by atoms with Crippen LogP contribution < -0.4 is 10.1 Å². The SMILES string of the molecule is COc1ccc(C#CC(=O)NC[C@@H]2CCCN(C(C)=O)C2)cc1. The maximum absolute atomic E-state index is 11.8. The van der Waals surface area contributed by atoms with Gasteiger partial charge in [-0.25, -0.2) is 0 Å². The fourth-order valence-electron chi connectivity index (χ4n) is 2.60. The Morgan fingerprint density at radius 1 is 1.35 bits per heavy atom. The lowest BCUT2D eigenvalue weighted by molar-refractivity contribution is -0.130. The number of likely N-dealkylation sites (tertiary alicyclic amines) is 1. The van der Waals surface area contributed by atoms with Crippen LogP contribution in [0.25, 0.3) is 0 Å². The lowest BCUT2D eigenvalue weighted by Crippen LogP contribution is -2.42. The molecule has 1 N–H and O–H groups in total. The van der Waals surface area contributed by atoms with Crippen LogP contribution in [0.1, 0.15) is 25.3 Å². The molecule has 1 aromatic carbocycles. The molecule has 0 radical (unpaired) electrons. The number of nitrogens with zero attached hydrogens (tertiary/aromatic N) is 1. The van der Waals surface area contributed by atoms with Gasteiger partial charge in [0.2, 0.25) is 5.91 Å². The minimum absolute atomic E-state index is 0.0975. The molecule has 1 aliphatic rings. The van der Waals surface area contributed by atoms with Gasteiger partial charge in [-0.15, -0.1) is 0 Å². The Bertz CT molecular complexity index is 613. The molecule has 1 aliphatic heterocycles. The summed E-state index contributed by atoms with van der Waals surface area (Å²) in [6, 6.07) is 7.23. The Kier molecular flexibility index (Phi) is 6.04. The van der Waals surface area contributed by atoms with E-state index in [0.717, 1.165) is 30.7 Å². The summed E-state index contributed by atoms with van der Waals surface area (Å²) >= 11 is 0. The van der Waals surface area contributed by atoms with Crippen LogP contribution in [-0.4, -0.2) is 43.5 Å². The summed E-state index contributed by atoms with van der Waals surface area (Å²) < 4.78 is 5.07. The molecule has 1 heterocycles. The van der Waals surface area contributed by atoms with Crippen molar-refractivity contribution in [3.63, 3.8) is 0 Å². The highest BCUT2D eigenvalue weighted by Gasteiger charge is 2.21. The maximum atomic E-state index is 11.8. The van der Waals surface area contributed by atoms with Crippen molar-refractivity contribution < 1.29 is 14.3 Å². The van der Waals surface area contributed by atoms with Crippen LogP contribution >= 0.6 is 0 Å². The van der Waals surface area contributed by atoms with Gasteiger partial charge in [-0.1, -0.05) is 5.92 Å². The van der Waals surface area contributed by atoms with E-state index in [9.17, 15) is 9.59 Å². The highest BCUT2D eigenvalue weighted by Crippen LogP contribution is 2.15. The number of hydrogen-bond acceptors (Lipinski definition) is 3. The van der Waals surface area contributed by atoms with Gasteiger partial charge in [0.25, 0.3) is 5.91 Å². The van der Waals surface area contributed by atoms with E-state index in [0.29, 0.717) is 19.0 Å². The first kappa shape index (κ1) is 16.9. The van der Waals surface area contributed by atoms with Crippen molar-refractivity contribution in [1.29, 1.82) is 0 Å². The number of amides is 2. The van der Waals surface area contributed by atoms with Crippen LogP contribution in [0.2, 0.25) is 0 Å². The van der Waals surface area contributed by atoms with E-state index in [1.807, 2.05) is 17.0 Å². The molecule has 0 aliphatic carbocycles. The third-order valence-corrected chi connectivity index (χ3v) is 3.93. The number of piperidine rings is 1. The quantitative estimate of drug-likeness (QED) is 0.859. The number of methoxy groups -OCH3 is 1. The summed E-state index contributed by atoms with van der Waals surface area (Å²) in [5.41, 5.74) is 0.765. The predicted octanol–water partition coefficient (Wildman–Crippen LogP) is 1.42.